The molecule has 1 atom stereocenters. The quantitative estimate of drug-likeness (QED) is 0.731. The van der Waals surface area contributed by atoms with Gasteiger partial charge in [-0.2, -0.15) is 0 Å². The van der Waals surface area contributed by atoms with Crippen LogP contribution in [0.15, 0.2) is 52.3 Å². The second kappa shape index (κ2) is 9.00. The van der Waals surface area contributed by atoms with Crippen LogP contribution in [0.4, 0.5) is 5.69 Å². The number of benzene rings is 2. The molecule has 2 aromatic rings. The van der Waals surface area contributed by atoms with Crippen molar-refractivity contribution in [2.24, 2.45) is 0 Å². The molecule has 0 saturated heterocycles. The van der Waals surface area contributed by atoms with Crippen LogP contribution in [-0.4, -0.2) is 31.2 Å². The predicted octanol–water partition coefficient (Wildman–Crippen LogP) is 3.30. The minimum atomic E-state index is -3.71. The number of nitrogens with one attached hydrogen (secondary N) is 2. The van der Waals surface area contributed by atoms with Gasteiger partial charge >= 0.3 is 0 Å². The van der Waals surface area contributed by atoms with Crippen molar-refractivity contribution in [3.05, 3.63) is 53.6 Å². The highest BCUT2D eigenvalue weighted by atomic mass is 32.2. The summed E-state index contributed by atoms with van der Waals surface area (Å²) in [7, 11) is -3.71. The maximum atomic E-state index is 12.9. The zero-order chi connectivity index (χ0) is 21.0. The Kier molecular flexibility index (Phi) is 6.64. The van der Waals surface area contributed by atoms with E-state index in [-0.39, 0.29) is 23.1 Å². The molecule has 154 valence electrons. The number of carbonyl (C=O) groups excluding carboxylic acids is 2. The number of sulfone groups is 1. The van der Waals surface area contributed by atoms with Crippen molar-refractivity contribution >= 4 is 39.1 Å². The number of thioether (sulfide) groups is 1. The van der Waals surface area contributed by atoms with Gasteiger partial charge in [-0.05, 0) is 37.6 Å². The van der Waals surface area contributed by atoms with E-state index in [9.17, 15) is 18.0 Å². The molecule has 2 amide bonds. The molecule has 1 heterocycles. The summed E-state index contributed by atoms with van der Waals surface area (Å²) in [5, 5.41) is 4.64. The first-order chi connectivity index (χ1) is 13.8. The molecule has 0 saturated carbocycles. The Morgan fingerprint density at radius 3 is 2.66 bits per heavy atom. The molecule has 8 heteroatoms. The molecule has 0 aliphatic carbocycles. The fraction of sp³-hybridized carbons (Fsp3) is 0.333. The molecule has 0 fully saturated rings. The van der Waals surface area contributed by atoms with Gasteiger partial charge < -0.3 is 10.6 Å². The van der Waals surface area contributed by atoms with Crippen molar-refractivity contribution in [2.45, 2.75) is 48.3 Å². The molecule has 0 spiro atoms. The Balaban J connectivity index is 1.66. The van der Waals surface area contributed by atoms with Gasteiger partial charge in [0.1, 0.15) is 0 Å². The second-order valence-electron chi connectivity index (χ2n) is 7.13. The molecule has 2 N–H and O–H groups in total. The first kappa shape index (κ1) is 21.4. The van der Waals surface area contributed by atoms with Crippen LogP contribution in [0.25, 0.3) is 0 Å². The van der Waals surface area contributed by atoms with Crippen molar-refractivity contribution in [3.63, 3.8) is 0 Å². The first-order valence-electron chi connectivity index (χ1n) is 9.38. The summed E-state index contributed by atoms with van der Waals surface area (Å²) >= 11 is 1.51. The zero-order valence-corrected chi connectivity index (χ0v) is 18.0. The number of hydrogen-bond donors (Lipinski definition) is 2. The Labute approximate surface area is 175 Å². The standard InChI is InChI=1S/C21H24N2O4S2/c1-14-3-5-16(6-4-14)13-22-21(25)11-15(2)29(26,27)17-7-8-19-18(12-17)23-20(24)9-10-28-19/h3-8,12,15H,9-11,13H2,1-2H3,(H,22,25)(H,23,24)/t15-/m1/s1. The summed E-state index contributed by atoms with van der Waals surface area (Å²) in [6.45, 7) is 3.87. The van der Waals surface area contributed by atoms with Crippen molar-refractivity contribution < 1.29 is 18.0 Å². The largest absolute Gasteiger partial charge is 0.352 e. The Hall–Kier alpha value is -2.32. The fourth-order valence-electron chi connectivity index (χ4n) is 2.96. The number of amides is 2. The van der Waals surface area contributed by atoms with E-state index in [1.54, 1.807) is 12.1 Å². The minimum Gasteiger partial charge on any atom is -0.352 e. The monoisotopic (exact) mass is 432 g/mol. The van der Waals surface area contributed by atoms with Gasteiger partial charge in [0.25, 0.3) is 0 Å². The highest BCUT2D eigenvalue weighted by Gasteiger charge is 2.27. The van der Waals surface area contributed by atoms with Crippen molar-refractivity contribution in [1.29, 1.82) is 0 Å². The Bertz CT molecular complexity index is 1020. The van der Waals surface area contributed by atoms with E-state index in [1.165, 1.54) is 24.8 Å². The number of hydrogen-bond acceptors (Lipinski definition) is 5. The van der Waals surface area contributed by atoms with Gasteiger partial charge in [0, 0.05) is 30.0 Å². The van der Waals surface area contributed by atoms with Crippen LogP contribution < -0.4 is 10.6 Å². The third kappa shape index (κ3) is 5.39. The molecule has 0 aromatic heterocycles. The number of aryl methyl sites for hydroxylation is 1. The first-order valence-corrected chi connectivity index (χ1v) is 11.9. The SMILES string of the molecule is Cc1ccc(CNC(=O)C[C@@H](C)S(=O)(=O)c2ccc3c(c2)NC(=O)CCS3)cc1. The lowest BCUT2D eigenvalue weighted by atomic mass is 10.1. The number of rotatable bonds is 6. The summed E-state index contributed by atoms with van der Waals surface area (Å²) in [6, 6.07) is 12.5. The average molecular weight is 433 g/mol. The molecule has 0 unspecified atom stereocenters. The fourth-order valence-corrected chi connectivity index (χ4v) is 5.27. The van der Waals surface area contributed by atoms with E-state index in [4.69, 9.17) is 0 Å². The Morgan fingerprint density at radius 1 is 1.21 bits per heavy atom. The van der Waals surface area contributed by atoms with E-state index < -0.39 is 15.1 Å². The lowest BCUT2D eigenvalue weighted by Gasteiger charge is -2.15. The van der Waals surface area contributed by atoms with Crippen LogP contribution in [0.1, 0.15) is 30.9 Å². The molecule has 1 aliphatic heterocycles. The number of carbonyl (C=O) groups is 2. The van der Waals surface area contributed by atoms with Gasteiger partial charge in [-0.3, -0.25) is 9.59 Å². The van der Waals surface area contributed by atoms with Gasteiger partial charge in [-0.15, -0.1) is 11.8 Å². The highest BCUT2D eigenvalue weighted by Crippen LogP contribution is 2.33. The lowest BCUT2D eigenvalue weighted by Crippen LogP contribution is -2.29. The molecule has 3 rings (SSSR count). The summed E-state index contributed by atoms with van der Waals surface area (Å²) in [4.78, 5) is 25.0. The summed E-state index contributed by atoms with van der Waals surface area (Å²) < 4.78 is 25.9. The van der Waals surface area contributed by atoms with E-state index in [2.05, 4.69) is 10.6 Å². The maximum Gasteiger partial charge on any atom is 0.225 e. The second-order valence-corrected chi connectivity index (χ2v) is 10.6. The van der Waals surface area contributed by atoms with E-state index in [1.807, 2.05) is 31.2 Å². The average Bonchev–Trinajstić information content (AvgIpc) is 2.87. The zero-order valence-electron chi connectivity index (χ0n) is 16.4. The summed E-state index contributed by atoms with van der Waals surface area (Å²) in [5.74, 6) is 0.206. The van der Waals surface area contributed by atoms with E-state index in [0.717, 1.165) is 16.0 Å². The molecule has 0 radical (unpaired) electrons. The molecule has 2 aromatic carbocycles. The van der Waals surface area contributed by atoms with Gasteiger partial charge in [0.05, 0.1) is 15.8 Å². The van der Waals surface area contributed by atoms with Crippen LogP contribution in [0.5, 0.6) is 0 Å². The van der Waals surface area contributed by atoms with Crippen LogP contribution in [0.3, 0.4) is 0 Å². The smallest absolute Gasteiger partial charge is 0.225 e. The molecular weight excluding hydrogens is 408 g/mol. The minimum absolute atomic E-state index is 0.109. The normalized spacial score (nSPS) is 15.0. The lowest BCUT2D eigenvalue weighted by molar-refractivity contribution is -0.121. The third-order valence-electron chi connectivity index (χ3n) is 4.75. The van der Waals surface area contributed by atoms with Crippen molar-refractivity contribution in [3.8, 4) is 0 Å². The number of fused-ring (bicyclic) bond motifs is 1. The van der Waals surface area contributed by atoms with E-state index in [0.29, 0.717) is 24.4 Å². The van der Waals surface area contributed by atoms with E-state index >= 15 is 0 Å². The topological polar surface area (TPSA) is 92.3 Å². The van der Waals surface area contributed by atoms with Gasteiger partial charge in [-0.25, -0.2) is 8.42 Å². The van der Waals surface area contributed by atoms with Gasteiger partial charge in [-0.1, -0.05) is 29.8 Å². The molecule has 0 bridgehead atoms. The van der Waals surface area contributed by atoms with Crippen LogP contribution in [0, 0.1) is 6.92 Å². The van der Waals surface area contributed by atoms with Gasteiger partial charge in [0.15, 0.2) is 9.84 Å². The molecule has 6 nitrogen and oxygen atoms in total. The van der Waals surface area contributed by atoms with Crippen LogP contribution >= 0.6 is 11.8 Å². The maximum absolute atomic E-state index is 12.9. The Morgan fingerprint density at radius 2 is 1.93 bits per heavy atom. The van der Waals surface area contributed by atoms with Gasteiger partial charge in [0.2, 0.25) is 11.8 Å². The molecule has 1 aliphatic rings. The summed E-state index contributed by atoms with van der Waals surface area (Å²) in [6.07, 6.45) is 0.255. The van der Waals surface area contributed by atoms with Crippen molar-refractivity contribution in [1.82, 2.24) is 5.32 Å². The molecule has 29 heavy (non-hydrogen) atoms. The number of anilines is 1. The van der Waals surface area contributed by atoms with Crippen LogP contribution in [0.2, 0.25) is 0 Å². The van der Waals surface area contributed by atoms with Crippen LogP contribution in [-0.2, 0) is 26.0 Å². The molecular formula is C21H24N2O4S2. The predicted molar refractivity (Wildman–Crippen MR) is 115 cm³/mol. The van der Waals surface area contributed by atoms with Crippen molar-refractivity contribution in [2.75, 3.05) is 11.1 Å². The summed E-state index contributed by atoms with van der Waals surface area (Å²) in [5.41, 5.74) is 2.60. The third-order valence-corrected chi connectivity index (χ3v) is 7.97. The highest BCUT2D eigenvalue weighted by molar-refractivity contribution is 7.99.